The first kappa shape index (κ1) is 18.0. The van der Waals surface area contributed by atoms with E-state index in [1.165, 1.54) is 12.7 Å². The summed E-state index contributed by atoms with van der Waals surface area (Å²) in [6.45, 7) is 0.647. The molecule has 5 nitrogen and oxygen atoms in total. The maximum atomic E-state index is 12.2. The number of nitrogens with zero attached hydrogens (tertiary/aromatic N) is 1. The van der Waals surface area contributed by atoms with Crippen LogP contribution in [0.5, 0.6) is 0 Å². The van der Waals surface area contributed by atoms with E-state index in [9.17, 15) is 4.79 Å². The van der Waals surface area contributed by atoms with E-state index >= 15 is 0 Å². The van der Waals surface area contributed by atoms with E-state index in [0.717, 1.165) is 18.4 Å². The van der Waals surface area contributed by atoms with E-state index < -0.39 is 5.97 Å². The number of halogens is 1. The van der Waals surface area contributed by atoms with Gasteiger partial charge in [0.25, 0.3) is 0 Å². The lowest BCUT2D eigenvalue weighted by Crippen LogP contribution is -2.09. The molecular formula is C20H19ClN2O3. The Bertz CT molecular complexity index is 861. The Morgan fingerprint density at radius 1 is 1.15 bits per heavy atom. The SMILES string of the molecule is COC(=O)c1c(-c2ccc(Cl)cc2)noc1NCCCc1ccccc1. The number of ether oxygens (including phenoxy) is 1. The highest BCUT2D eigenvalue weighted by molar-refractivity contribution is 6.30. The smallest absolute Gasteiger partial charge is 0.345 e. The van der Waals surface area contributed by atoms with Gasteiger partial charge in [-0.15, -0.1) is 0 Å². The number of benzene rings is 2. The van der Waals surface area contributed by atoms with Crippen LogP contribution in [-0.2, 0) is 11.2 Å². The van der Waals surface area contributed by atoms with Crippen molar-refractivity contribution in [3.63, 3.8) is 0 Å². The maximum absolute atomic E-state index is 12.2. The summed E-state index contributed by atoms with van der Waals surface area (Å²) in [7, 11) is 1.33. The third kappa shape index (κ3) is 4.24. The zero-order chi connectivity index (χ0) is 18.4. The van der Waals surface area contributed by atoms with Crippen LogP contribution in [0.25, 0.3) is 11.3 Å². The van der Waals surface area contributed by atoms with Crippen molar-refractivity contribution in [3.8, 4) is 11.3 Å². The van der Waals surface area contributed by atoms with Crippen LogP contribution < -0.4 is 5.32 Å². The van der Waals surface area contributed by atoms with Gasteiger partial charge < -0.3 is 14.6 Å². The van der Waals surface area contributed by atoms with E-state index in [-0.39, 0.29) is 5.56 Å². The molecule has 0 spiro atoms. The van der Waals surface area contributed by atoms with Crippen LogP contribution in [0, 0.1) is 0 Å². The number of rotatable bonds is 7. The molecule has 0 radical (unpaired) electrons. The van der Waals surface area contributed by atoms with Gasteiger partial charge in [-0.2, -0.15) is 0 Å². The van der Waals surface area contributed by atoms with E-state index in [4.69, 9.17) is 20.9 Å². The highest BCUT2D eigenvalue weighted by Crippen LogP contribution is 2.30. The van der Waals surface area contributed by atoms with Gasteiger partial charge >= 0.3 is 5.97 Å². The van der Waals surface area contributed by atoms with E-state index in [0.29, 0.717) is 23.1 Å². The normalized spacial score (nSPS) is 10.5. The lowest BCUT2D eigenvalue weighted by Gasteiger charge is -2.06. The summed E-state index contributed by atoms with van der Waals surface area (Å²) >= 11 is 5.92. The summed E-state index contributed by atoms with van der Waals surface area (Å²) in [6.07, 6.45) is 1.82. The number of anilines is 1. The Hall–Kier alpha value is -2.79. The minimum absolute atomic E-state index is 0.287. The lowest BCUT2D eigenvalue weighted by atomic mass is 10.1. The second-order valence-corrected chi connectivity index (χ2v) is 6.19. The van der Waals surface area contributed by atoms with Crippen LogP contribution in [0.3, 0.4) is 0 Å². The highest BCUT2D eigenvalue weighted by atomic mass is 35.5. The molecule has 26 heavy (non-hydrogen) atoms. The van der Waals surface area contributed by atoms with Crippen LogP contribution in [0.4, 0.5) is 5.88 Å². The van der Waals surface area contributed by atoms with Crippen molar-refractivity contribution in [2.24, 2.45) is 0 Å². The Morgan fingerprint density at radius 3 is 2.58 bits per heavy atom. The van der Waals surface area contributed by atoms with Crippen LogP contribution in [0.2, 0.25) is 5.02 Å². The molecule has 0 unspecified atom stereocenters. The summed E-state index contributed by atoms with van der Waals surface area (Å²) in [5.41, 5.74) is 2.71. The predicted octanol–water partition coefficient (Wildman–Crippen LogP) is 4.83. The molecule has 3 aromatic rings. The summed E-state index contributed by atoms with van der Waals surface area (Å²) < 4.78 is 10.3. The topological polar surface area (TPSA) is 64.4 Å². The third-order valence-corrected chi connectivity index (χ3v) is 4.22. The summed E-state index contributed by atoms with van der Waals surface area (Å²) in [4.78, 5) is 12.2. The number of hydrogen-bond acceptors (Lipinski definition) is 5. The molecule has 2 aromatic carbocycles. The van der Waals surface area contributed by atoms with Crippen LogP contribution >= 0.6 is 11.6 Å². The molecule has 0 atom stereocenters. The zero-order valence-electron chi connectivity index (χ0n) is 14.4. The second kappa shape index (κ2) is 8.54. The predicted molar refractivity (Wildman–Crippen MR) is 102 cm³/mol. The Morgan fingerprint density at radius 2 is 1.88 bits per heavy atom. The first-order valence-corrected chi connectivity index (χ1v) is 8.68. The van der Waals surface area contributed by atoms with Crippen molar-refractivity contribution in [2.75, 3.05) is 19.0 Å². The van der Waals surface area contributed by atoms with Crippen molar-refractivity contribution in [1.29, 1.82) is 0 Å². The quantitative estimate of drug-likeness (QED) is 0.477. The maximum Gasteiger partial charge on any atom is 0.345 e. The average Bonchev–Trinajstić information content (AvgIpc) is 3.10. The van der Waals surface area contributed by atoms with Gasteiger partial charge in [-0.3, -0.25) is 0 Å². The van der Waals surface area contributed by atoms with Gasteiger partial charge in [-0.05, 0) is 30.5 Å². The molecule has 0 aliphatic rings. The Labute approximate surface area is 156 Å². The summed E-state index contributed by atoms with van der Waals surface area (Å²) in [5.74, 6) is -0.184. The first-order chi connectivity index (χ1) is 12.7. The molecule has 1 aromatic heterocycles. The lowest BCUT2D eigenvalue weighted by molar-refractivity contribution is 0.0602. The van der Waals surface area contributed by atoms with E-state index in [2.05, 4.69) is 22.6 Å². The summed E-state index contributed by atoms with van der Waals surface area (Å²) in [6, 6.07) is 17.3. The molecule has 0 saturated heterocycles. The van der Waals surface area contributed by atoms with Gasteiger partial charge in [0.15, 0.2) is 5.56 Å². The number of carbonyl (C=O) groups is 1. The number of hydrogen-bond donors (Lipinski definition) is 1. The van der Waals surface area contributed by atoms with Crippen molar-refractivity contribution in [1.82, 2.24) is 5.16 Å². The summed E-state index contributed by atoms with van der Waals surface area (Å²) in [5, 5.41) is 7.79. The Kier molecular flexibility index (Phi) is 5.92. The zero-order valence-corrected chi connectivity index (χ0v) is 15.1. The highest BCUT2D eigenvalue weighted by Gasteiger charge is 2.24. The standard InChI is InChI=1S/C20H19ClN2O3/c1-25-20(24)17-18(15-9-11-16(21)12-10-15)23-26-19(17)22-13-5-8-14-6-3-2-4-7-14/h2-4,6-7,9-12,22H,5,8,13H2,1H3. The molecule has 1 N–H and O–H groups in total. The van der Waals surface area contributed by atoms with Gasteiger partial charge in [0.2, 0.25) is 5.88 Å². The molecule has 0 aliphatic heterocycles. The monoisotopic (exact) mass is 370 g/mol. The Balaban J connectivity index is 1.72. The third-order valence-electron chi connectivity index (χ3n) is 3.97. The molecular weight excluding hydrogens is 352 g/mol. The fourth-order valence-corrected chi connectivity index (χ4v) is 2.77. The minimum atomic E-state index is -0.498. The minimum Gasteiger partial charge on any atom is -0.465 e. The molecule has 0 amide bonds. The van der Waals surface area contributed by atoms with Gasteiger partial charge in [0.1, 0.15) is 5.69 Å². The van der Waals surface area contributed by atoms with Crippen molar-refractivity contribution in [3.05, 3.63) is 70.7 Å². The van der Waals surface area contributed by atoms with E-state index in [1.54, 1.807) is 24.3 Å². The van der Waals surface area contributed by atoms with Crippen LogP contribution in [-0.4, -0.2) is 24.8 Å². The molecule has 3 rings (SSSR count). The molecule has 0 aliphatic carbocycles. The first-order valence-electron chi connectivity index (χ1n) is 8.30. The average molecular weight is 371 g/mol. The number of methoxy groups -OCH3 is 1. The molecule has 0 fully saturated rings. The van der Waals surface area contributed by atoms with E-state index in [1.807, 2.05) is 18.2 Å². The molecule has 1 heterocycles. The second-order valence-electron chi connectivity index (χ2n) is 5.75. The van der Waals surface area contributed by atoms with Gasteiger partial charge in [-0.25, -0.2) is 4.79 Å². The number of aromatic nitrogens is 1. The number of carbonyl (C=O) groups excluding carboxylic acids is 1. The largest absolute Gasteiger partial charge is 0.465 e. The van der Waals surface area contributed by atoms with Crippen molar-refractivity contribution < 1.29 is 14.1 Å². The van der Waals surface area contributed by atoms with Gasteiger partial charge in [0, 0.05) is 17.1 Å². The van der Waals surface area contributed by atoms with Crippen molar-refractivity contribution in [2.45, 2.75) is 12.8 Å². The molecule has 0 saturated carbocycles. The molecule has 0 bridgehead atoms. The van der Waals surface area contributed by atoms with Gasteiger partial charge in [0.05, 0.1) is 7.11 Å². The number of nitrogens with one attached hydrogen (secondary N) is 1. The number of aryl methyl sites for hydroxylation is 1. The molecule has 134 valence electrons. The number of esters is 1. The fourth-order valence-electron chi connectivity index (χ4n) is 2.65. The van der Waals surface area contributed by atoms with Crippen LogP contribution in [0.1, 0.15) is 22.3 Å². The molecule has 6 heteroatoms. The van der Waals surface area contributed by atoms with Gasteiger partial charge in [-0.1, -0.05) is 59.2 Å². The van der Waals surface area contributed by atoms with Crippen molar-refractivity contribution >= 4 is 23.5 Å². The van der Waals surface area contributed by atoms with Crippen LogP contribution in [0.15, 0.2) is 59.1 Å². The fraction of sp³-hybridized carbons (Fsp3) is 0.200.